The van der Waals surface area contributed by atoms with Crippen LogP contribution in [0.5, 0.6) is 0 Å². The van der Waals surface area contributed by atoms with E-state index in [1.807, 2.05) is 7.05 Å². The second-order valence-corrected chi connectivity index (χ2v) is 4.91. The summed E-state index contributed by atoms with van der Waals surface area (Å²) < 4.78 is 0. The Bertz CT molecular complexity index is 216. The van der Waals surface area contributed by atoms with Gasteiger partial charge in [0, 0.05) is 19.5 Å². The van der Waals surface area contributed by atoms with E-state index in [1.54, 1.807) is 11.8 Å². The minimum atomic E-state index is -0.318. The Kier molecular flexibility index (Phi) is 4.58. The maximum Gasteiger partial charge on any atom is 0.225 e. The minimum absolute atomic E-state index is 0.226. The molecule has 1 N–H and O–H groups in total. The van der Waals surface area contributed by atoms with Crippen LogP contribution in [0, 0.1) is 11.8 Å². The molecule has 0 saturated heterocycles. The largest absolute Gasteiger partial charge is 0.393 e. The molecule has 88 valence electrons. The van der Waals surface area contributed by atoms with Crippen LogP contribution in [0.2, 0.25) is 0 Å². The molecule has 15 heavy (non-hydrogen) atoms. The van der Waals surface area contributed by atoms with E-state index >= 15 is 0 Å². The van der Waals surface area contributed by atoms with Crippen LogP contribution in [0.4, 0.5) is 0 Å². The Morgan fingerprint density at radius 3 is 2.67 bits per heavy atom. The lowest BCUT2D eigenvalue weighted by atomic mass is 9.96. The van der Waals surface area contributed by atoms with Gasteiger partial charge in [-0.05, 0) is 32.1 Å². The molecule has 3 heteroatoms. The number of aliphatic hydroxyl groups excluding tert-OH is 1. The summed E-state index contributed by atoms with van der Waals surface area (Å²) >= 11 is 0. The molecule has 0 bridgehead atoms. The van der Waals surface area contributed by atoms with E-state index in [1.165, 1.54) is 12.8 Å². The molecule has 0 aliphatic heterocycles. The molecule has 3 nitrogen and oxygen atoms in total. The first-order chi connectivity index (χ1) is 7.02. The highest BCUT2D eigenvalue weighted by Gasteiger charge is 2.31. The highest BCUT2D eigenvalue weighted by atomic mass is 16.3. The Morgan fingerprint density at radius 2 is 2.20 bits per heavy atom. The summed E-state index contributed by atoms with van der Waals surface area (Å²) in [5, 5.41) is 9.16. The van der Waals surface area contributed by atoms with E-state index in [9.17, 15) is 4.79 Å². The lowest BCUT2D eigenvalue weighted by Crippen LogP contribution is -2.35. The zero-order chi connectivity index (χ0) is 11.4. The molecular weight excluding hydrogens is 190 g/mol. The van der Waals surface area contributed by atoms with E-state index in [4.69, 9.17) is 5.11 Å². The Labute approximate surface area is 92.5 Å². The molecule has 0 spiro atoms. The Hall–Kier alpha value is -0.570. The summed E-state index contributed by atoms with van der Waals surface area (Å²) in [5.74, 6) is 1.02. The van der Waals surface area contributed by atoms with Crippen molar-refractivity contribution in [2.75, 3.05) is 13.6 Å². The number of carbonyl (C=O) groups excluding carboxylic acids is 1. The smallest absolute Gasteiger partial charge is 0.225 e. The molecule has 0 radical (unpaired) electrons. The average Bonchev–Trinajstić information content (AvgIpc) is 2.59. The molecule has 3 atom stereocenters. The van der Waals surface area contributed by atoms with E-state index in [0.29, 0.717) is 18.9 Å². The third kappa shape index (κ3) is 3.49. The number of hydrogen-bond acceptors (Lipinski definition) is 2. The van der Waals surface area contributed by atoms with Gasteiger partial charge in [-0.3, -0.25) is 4.79 Å². The van der Waals surface area contributed by atoms with Crippen LogP contribution in [0.3, 0.4) is 0 Å². The lowest BCUT2D eigenvalue weighted by Gasteiger charge is -2.23. The molecule has 3 unspecified atom stereocenters. The molecule has 0 aromatic heterocycles. The van der Waals surface area contributed by atoms with E-state index in [0.717, 1.165) is 6.42 Å². The van der Waals surface area contributed by atoms with Gasteiger partial charge in [-0.15, -0.1) is 0 Å². The van der Waals surface area contributed by atoms with Gasteiger partial charge in [0.2, 0.25) is 5.91 Å². The van der Waals surface area contributed by atoms with Gasteiger partial charge in [0.25, 0.3) is 0 Å². The van der Waals surface area contributed by atoms with Crippen LogP contribution in [-0.2, 0) is 4.79 Å². The maximum atomic E-state index is 12.0. The van der Waals surface area contributed by atoms with Crippen molar-refractivity contribution in [1.82, 2.24) is 4.90 Å². The van der Waals surface area contributed by atoms with E-state index in [2.05, 4.69) is 6.92 Å². The summed E-state index contributed by atoms with van der Waals surface area (Å²) in [7, 11) is 1.84. The fourth-order valence-corrected chi connectivity index (χ4v) is 2.29. The SMILES string of the molecule is CC(O)CCN(C)C(=O)C1CCCC1C. The highest BCUT2D eigenvalue weighted by molar-refractivity contribution is 5.79. The average molecular weight is 213 g/mol. The fourth-order valence-electron chi connectivity index (χ4n) is 2.29. The number of aliphatic hydroxyl groups is 1. The third-order valence-corrected chi connectivity index (χ3v) is 3.44. The topological polar surface area (TPSA) is 40.5 Å². The minimum Gasteiger partial charge on any atom is -0.393 e. The first-order valence-electron chi connectivity index (χ1n) is 5.95. The number of nitrogens with zero attached hydrogens (tertiary/aromatic N) is 1. The van der Waals surface area contributed by atoms with Crippen LogP contribution in [-0.4, -0.2) is 35.6 Å². The summed E-state index contributed by atoms with van der Waals surface area (Å²) in [5.41, 5.74) is 0. The van der Waals surface area contributed by atoms with Gasteiger partial charge in [0.05, 0.1) is 6.10 Å². The number of hydrogen-bond donors (Lipinski definition) is 1. The first-order valence-corrected chi connectivity index (χ1v) is 5.95. The predicted octanol–water partition coefficient (Wildman–Crippen LogP) is 1.65. The van der Waals surface area contributed by atoms with Crippen molar-refractivity contribution >= 4 is 5.91 Å². The maximum absolute atomic E-state index is 12.0. The molecule has 0 aromatic rings. The van der Waals surface area contributed by atoms with Crippen LogP contribution in [0.25, 0.3) is 0 Å². The molecule has 0 heterocycles. The summed E-state index contributed by atoms with van der Waals surface area (Å²) in [6.45, 7) is 4.59. The first kappa shape index (κ1) is 12.5. The molecule has 1 aliphatic rings. The van der Waals surface area contributed by atoms with Crippen molar-refractivity contribution in [3.8, 4) is 0 Å². The molecule has 1 aliphatic carbocycles. The van der Waals surface area contributed by atoms with Gasteiger partial charge < -0.3 is 10.0 Å². The van der Waals surface area contributed by atoms with E-state index < -0.39 is 0 Å². The second-order valence-electron chi connectivity index (χ2n) is 4.91. The monoisotopic (exact) mass is 213 g/mol. The summed E-state index contributed by atoms with van der Waals surface area (Å²) in [6.07, 6.45) is 3.76. The van der Waals surface area contributed by atoms with Gasteiger partial charge in [0.15, 0.2) is 0 Å². The van der Waals surface area contributed by atoms with Crippen molar-refractivity contribution in [3.63, 3.8) is 0 Å². The highest BCUT2D eigenvalue weighted by Crippen LogP contribution is 2.32. The molecular formula is C12H23NO2. The number of rotatable bonds is 4. The van der Waals surface area contributed by atoms with Crippen LogP contribution in [0.1, 0.15) is 39.5 Å². The van der Waals surface area contributed by atoms with Crippen molar-refractivity contribution in [1.29, 1.82) is 0 Å². The van der Waals surface area contributed by atoms with E-state index in [-0.39, 0.29) is 17.9 Å². The van der Waals surface area contributed by atoms with Crippen molar-refractivity contribution in [3.05, 3.63) is 0 Å². The van der Waals surface area contributed by atoms with Crippen molar-refractivity contribution in [2.45, 2.75) is 45.6 Å². The quantitative estimate of drug-likeness (QED) is 0.771. The standard InChI is InChI=1S/C12H23NO2/c1-9-5-4-6-11(9)12(15)13(3)8-7-10(2)14/h9-11,14H,4-8H2,1-3H3. The summed E-state index contributed by atoms with van der Waals surface area (Å²) in [4.78, 5) is 13.8. The van der Waals surface area contributed by atoms with Gasteiger partial charge in [-0.25, -0.2) is 0 Å². The Morgan fingerprint density at radius 1 is 1.53 bits per heavy atom. The third-order valence-electron chi connectivity index (χ3n) is 3.44. The molecule has 1 rings (SSSR count). The second kappa shape index (κ2) is 5.50. The summed E-state index contributed by atoms with van der Waals surface area (Å²) in [6, 6.07) is 0. The Balaban J connectivity index is 2.38. The van der Waals surface area contributed by atoms with Gasteiger partial charge >= 0.3 is 0 Å². The fraction of sp³-hybridized carbons (Fsp3) is 0.917. The number of amides is 1. The van der Waals surface area contributed by atoms with Gasteiger partial charge in [0.1, 0.15) is 0 Å². The van der Waals surface area contributed by atoms with Crippen LogP contribution < -0.4 is 0 Å². The molecule has 1 fully saturated rings. The van der Waals surface area contributed by atoms with Crippen LogP contribution >= 0.6 is 0 Å². The molecule has 1 saturated carbocycles. The number of carbonyl (C=O) groups is 1. The zero-order valence-corrected chi connectivity index (χ0v) is 10.1. The normalized spacial score (nSPS) is 27.7. The van der Waals surface area contributed by atoms with Crippen LogP contribution in [0.15, 0.2) is 0 Å². The zero-order valence-electron chi connectivity index (χ0n) is 10.1. The molecule has 1 amide bonds. The van der Waals surface area contributed by atoms with Crippen molar-refractivity contribution in [2.24, 2.45) is 11.8 Å². The van der Waals surface area contributed by atoms with Crippen molar-refractivity contribution < 1.29 is 9.90 Å². The molecule has 0 aromatic carbocycles. The van der Waals surface area contributed by atoms with Gasteiger partial charge in [-0.1, -0.05) is 13.3 Å². The van der Waals surface area contributed by atoms with Gasteiger partial charge in [-0.2, -0.15) is 0 Å². The lowest BCUT2D eigenvalue weighted by molar-refractivity contribution is -0.135. The predicted molar refractivity (Wildman–Crippen MR) is 60.4 cm³/mol.